The number of fused-ring (bicyclic) bond motifs is 5. The lowest BCUT2D eigenvalue weighted by molar-refractivity contribution is -0.134. The molecular formula is C18H20FNO2. The van der Waals surface area contributed by atoms with E-state index in [0.717, 1.165) is 24.8 Å². The van der Waals surface area contributed by atoms with Gasteiger partial charge in [0.1, 0.15) is 11.6 Å². The monoisotopic (exact) mass is 301 g/mol. The molecule has 0 radical (unpaired) electrons. The van der Waals surface area contributed by atoms with E-state index in [-0.39, 0.29) is 23.7 Å². The fraction of sp³-hybridized carbons (Fsp3) is 0.500. The minimum atomic E-state index is -0.264. The average Bonchev–Trinajstić information content (AvgIpc) is 3.12. The molecule has 22 heavy (non-hydrogen) atoms. The van der Waals surface area contributed by atoms with Gasteiger partial charge in [0.05, 0.1) is 5.57 Å². The van der Waals surface area contributed by atoms with Gasteiger partial charge in [0, 0.05) is 18.5 Å². The van der Waals surface area contributed by atoms with Gasteiger partial charge in [-0.15, -0.1) is 0 Å². The van der Waals surface area contributed by atoms with Crippen LogP contribution in [0.15, 0.2) is 35.6 Å². The van der Waals surface area contributed by atoms with Crippen LogP contribution in [0, 0.1) is 23.6 Å². The second-order valence-electron chi connectivity index (χ2n) is 6.92. The fourth-order valence-corrected chi connectivity index (χ4v) is 4.77. The van der Waals surface area contributed by atoms with Crippen LogP contribution >= 0.6 is 0 Å². The molecule has 1 aliphatic heterocycles. The van der Waals surface area contributed by atoms with Gasteiger partial charge in [-0.1, -0.05) is 12.1 Å². The van der Waals surface area contributed by atoms with Crippen LogP contribution in [0.3, 0.4) is 0 Å². The standard InChI is InChI=1S/C18H20FNO2/c1-10-17(21)15-12-4-5-13(8-12)16(15)20(18(10)22)9-11-2-6-14(19)7-3-11/h2-3,6-7,12-13,15-16,21H,4-5,8-9H2,1H3. The lowest BCUT2D eigenvalue weighted by atomic mass is 9.78. The Bertz CT molecular complexity index is 652. The predicted octanol–water partition coefficient (Wildman–Crippen LogP) is 3.41. The van der Waals surface area contributed by atoms with E-state index in [1.807, 2.05) is 4.90 Å². The number of hydrogen-bond donors (Lipinski definition) is 1. The summed E-state index contributed by atoms with van der Waals surface area (Å²) < 4.78 is 13.1. The molecule has 116 valence electrons. The highest BCUT2D eigenvalue weighted by atomic mass is 19.1. The molecule has 2 fully saturated rings. The quantitative estimate of drug-likeness (QED) is 0.909. The zero-order chi connectivity index (χ0) is 15.4. The molecular weight excluding hydrogens is 281 g/mol. The molecule has 1 amide bonds. The molecule has 2 saturated carbocycles. The Kier molecular flexibility index (Phi) is 3.03. The van der Waals surface area contributed by atoms with E-state index in [1.165, 1.54) is 12.1 Å². The topological polar surface area (TPSA) is 40.5 Å². The third kappa shape index (κ3) is 1.89. The van der Waals surface area contributed by atoms with Crippen molar-refractivity contribution in [2.75, 3.05) is 0 Å². The maximum Gasteiger partial charge on any atom is 0.253 e. The lowest BCUT2D eigenvalue weighted by Crippen LogP contribution is -2.51. The van der Waals surface area contributed by atoms with Gasteiger partial charge in [-0.05, 0) is 55.7 Å². The fourth-order valence-electron chi connectivity index (χ4n) is 4.77. The number of aliphatic hydroxyl groups is 1. The summed E-state index contributed by atoms with van der Waals surface area (Å²) in [6, 6.07) is 6.45. The van der Waals surface area contributed by atoms with Crippen LogP contribution in [-0.2, 0) is 11.3 Å². The highest BCUT2D eigenvalue weighted by molar-refractivity contribution is 5.94. The number of aliphatic hydroxyl groups excluding tert-OH is 1. The summed E-state index contributed by atoms with van der Waals surface area (Å²) in [5, 5.41) is 10.4. The van der Waals surface area contributed by atoms with Crippen LogP contribution in [0.2, 0.25) is 0 Å². The Morgan fingerprint density at radius 3 is 2.64 bits per heavy atom. The molecule has 2 bridgehead atoms. The maximum atomic E-state index is 13.1. The normalized spacial score (nSPS) is 33.5. The van der Waals surface area contributed by atoms with Gasteiger partial charge >= 0.3 is 0 Å². The van der Waals surface area contributed by atoms with Gasteiger partial charge in [0.15, 0.2) is 0 Å². The van der Waals surface area contributed by atoms with Crippen molar-refractivity contribution in [3.8, 4) is 0 Å². The number of rotatable bonds is 2. The first-order valence-corrected chi connectivity index (χ1v) is 8.01. The van der Waals surface area contributed by atoms with Crippen molar-refractivity contribution in [3.63, 3.8) is 0 Å². The van der Waals surface area contributed by atoms with Crippen LogP contribution in [0.25, 0.3) is 0 Å². The van der Waals surface area contributed by atoms with Gasteiger partial charge in [-0.2, -0.15) is 0 Å². The van der Waals surface area contributed by atoms with Crippen molar-refractivity contribution >= 4 is 5.91 Å². The zero-order valence-electron chi connectivity index (χ0n) is 12.6. The van der Waals surface area contributed by atoms with Crippen molar-refractivity contribution in [1.82, 2.24) is 4.90 Å². The maximum absolute atomic E-state index is 13.1. The average molecular weight is 301 g/mol. The van der Waals surface area contributed by atoms with Crippen molar-refractivity contribution < 1.29 is 14.3 Å². The molecule has 2 aliphatic carbocycles. The predicted molar refractivity (Wildman–Crippen MR) is 80.4 cm³/mol. The first-order chi connectivity index (χ1) is 10.6. The molecule has 4 atom stereocenters. The number of carbonyl (C=O) groups excluding carboxylic acids is 1. The summed E-state index contributed by atoms with van der Waals surface area (Å²) in [5.74, 6) is 1.09. The molecule has 1 N–H and O–H groups in total. The van der Waals surface area contributed by atoms with Crippen LogP contribution in [-0.4, -0.2) is 22.0 Å². The Morgan fingerprint density at radius 2 is 1.91 bits per heavy atom. The molecule has 3 aliphatic rings. The zero-order valence-corrected chi connectivity index (χ0v) is 12.6. The molecule has 1 aromatic carbocycles. The third-order valence-electron chi connectivity index (χ3n) is 5.78. The van der Waals surface area contributed by atoms with Crippen molar-refractivity contribution in [2.24, 2.45) is 17.8 Å². The Morgan fingerprint density at radius 1 is 1.23 bits per heavy atom. The van der Waals surface area contributed by atoms with E-state index in [0.29, 0.717) is 29.7 Å². The molecule has 3 nitrogen and oxygen atoms in total. The highest BCUT2D eigenvalue weighted by Crippen LogP contribution is 2.55. The second kappa shape index (κ2) is 4.83. The number of nitrogens with zero attached hydrogens (tertiary/aromatic N) is 1. The molecule has 0 saturated heterocycles. The smallest absolute Gasteiger partial charge is 0.253 e. The van der Waals surface area contributed by atoms with E-state index in [1.54, 1.807) is 19.1 Å². The van der Waals surface area contributed by atoms with Crippen molar-refractivity contribution in [2.45, 2.75) is 38.8 Å². The van der Waals surface area contributed by atoms with Gasteiger partial charge in [0.2, 0.25) is 0 Å². The van der Waals surface area contributed by atoms with Crippen molar-refractivity contribution in [3.05, 3.63) is 47.0 Å². The highest BCUT2D eigenvalue weighted by Gasteiger charge is 2.55. The van der Waals surface area contributed by atoms with E-state index in [4.69, 9.17) is 0 Å². The third-order valence-corrected chi connectivity index (χ3v) is 5.78. The van der Waals surface area contributed by atoms with E-state index in [9.17, 15) is 14.3 Å². The lowest BCUT2D eigenvalue weighted by Gasteiger charge is -2.43. The van der Waals surface area contributed by atoms with Crippen LogP contribution < -0.4 is 0 Å². The summed E-state index contributed by atoms with van der Waals surface area (Å²) in [6.07, 6.45) is 3.41. The number of amides is 1. The summed E-state index contributed by atoms with van der Waals surface area (Å²) >= 11 is 0. The van der Waals surface area contributed by atoms with Gasteiger partial charge in [-0.3, -0.25) is 4.79 Å². The largest absolute Gasteiger partial charge is 0.511 e. The number of halogens is 1. The summed E-state index contributed by atoms with van der Waals surface area (Å²) in [4.78, 5) is 14.6. The SMILES string of the molecule is CC1=C(O)C2C3CCC(C3)C2N(Cc2ccc(F)cc2)C1=O. The summed E-state index contributed by atoms with van der Waals surface area (Å²) in [5.41, 5.74) is 1.42. The second-order valence-corrected chi connectivity index (χ2v) is 6.92. The number of hydrogen-bond acceptors (Lipinski definition) is 2. The minimum absolute atomic E-state index is 0.0735. The van der Waals surface area contributed by atoms with E-state index in [2.05, 4.69) is 0 Å². The number of carbonyl (C=O) groups is 1. The first-order valence-electron chi connectivity index (χ1n) is 8.01. The van der Waals surface area contributed by atoms with Gasteiger partial charge < -0.3 is 10.0 Å². The van der Waals surface area contributed by atoms with E-state index >= 15 is 0 Å². The molecule has 0 aromatic heterocycles. The molecule has 0 spiro atoms. The summed E-state index contributed by atoms with van der Waals surface area (Å²) in [7, 11) is 0. The van der Waals surface area contributed by atoms with Crippen LogP contribution in [0.1, 0.15) is 31.7 Å². The molecule has 4 heteroatoms. The molecule has 1 heterocycles. The van der Waals surface area contributed by atoms with Gasteiger partial charge in [0.25, 0.3) is 5.91 Å². The number of benzene rings is 1. The minimum Gasteiger partial charge on any atom is -0.511 e. The van der Waals surface area contributed by atoms with Crippen LogP contribution in [0.5, 0.6) is 0 Å². The van der Waals surface area contributed by atoms with Crippen LogP contribution in [0.4, 0.5) is 4.39 Å². The van der Waals surface area contributed by atoms with Crippen molar-refractivity contribution in [1.29, 1.82) is 0 Å². The Labute approximate surface area is 129 Å². The van der Waals surface area contributed by atoms with E-state index < -0.39 is 0 Å². The Hall–Kier alpha value is -1.84. The molecule has 1 aromatic rings. The molecule has 4 rings (SSSR count). The molecule has 4 unspecified atom stereocenters. The van der Waals surface area contributed by atoms with Gasteiger partial charge in [-0.25, -0.2) is 4.39 Å². The first kappa shape index (κ1) is 13.8. The Balaban J connectivity index is 1.69. The summed E-state index contributed by atoms with van der Waals surface area (Å²) in [6.45, 7) is 2.21.